The third kappa shape index (κ3) is 10.2. The molecule has 24 nitrogen and oxygen atoms in total. The number of nitrogen functional groups attached to an aromatic ring is 1. The molecule has 4 aromatic rings. The summed E-state index contributed by atoms with van der Waals surface area (Å²) >= 11 is 6.09. The number of morpholine rings is 2. The monoisotopic (exact) mass is 954 g/mol. The molecular formula is C37H55ClN14O10S2. The van der Waals surface area contributed by atoms with Gasteiger partial charge in [-0.15, -0.1) is 5.10 Å². The van der Waals surface area contributed by atoms with Gasteiger partial charge in [-0.3, -0.25) is 5.32 Å². The molecule has 0 aliphatic carbocycles. The zero-order chi connectivity index (χ0) is 47.2. The Labute approximate surface area is 376 Å². The van der Waals surface area contributed by atoms with Crippen molar-refractivity contribution in [1.29, 1.82) is 0 Å². The summed E-state index contributed by atoms with van der Waals surface area (Å²) in [7, 11) is -6.91. The molecule has 0 bridgehead atoms. The van der Waals surface area contributed by atoms with Crippen molar-refractivity contribution in [3.05, 3.63) is 29.3 Å². The molecule has 0 spiro atoms. The number of nitrogens with one attached hydrogen (secondary N) is 2. The van der Waals surface area contributed by atoms with Crippen molar-refractivity contribution >= 4 is 66.8 Å². The lowest BCUT2D eigenvalue weighted by molar-refractivity contribution is 0.0482. The second-order valence-corrected chi connectivity index (χ2v) is 23.1. The Morgan fingerprint density at radius 1 is 0.797 bits per heavy atom. The fourth-order valence-corrected chi connectivity index (χ4v) is 8.05. The lowest BCUT2D eigenvalue weighted by Crippen LogP contribution is -2.56. The van der Waals surface area contributed by atoms with Crippen LogP contribution in [0.3, 0.4) is 0 Å². The van der Waals surface area contributed by atoms with Crippen LogP contribution in [0.25, 0.3) is 0 Å². The van der Waals surface area contributed by atoms with Gasteiger partial charge in [0.1, 0.15) is 52.4 Å². The first-order valence-electron chi connectivity index (χ1n) is 20.1. The fourth-order valence-electron chi connectivity index (χ4n) is 6.90. The summed E-state index contributed by atoms with van der Waals surface area (Å²) in [6, 6.07) is 0.185. The smallest absolute Gasteiger partial charge is 0.436 e. The second-order valence-electron chi connectivity index (χ2n) is 17.6. The van der Waals surface area contributed by atoms with E-state index in [4.69, 9.17) is 41.0 Å². The third-order valence-electron chi connectivity index (χ3n) is 10.8. The number of carbonyl (C=O) groups is 1. The Morgan fingerprint density at radius 3 is 1.77 bits per heavy atom. The van der Waals surface area contributed by atoms with Crippen molar-refractivity contribution in [3.8, 4) is 11.5 Å². The van der Waals surface area contributed by atoms with E-state index in [-0.39, 0.29) is 41.3 Å². The minimum Gasteiger partial charge on any atom is -0.486 e. The van der Waals surface area contributed by atoms with Gasteiger partial charge in [0.05, 0.1) is 50.6 Å². The molecule has 352 valence electrons. The number of anilines is 5. The Hall–Kier alpha value is -5.18. The number of halogens is 1. The number of rotatable bonds is 6. The van der Waals surface area contributed by atoms with Gasteiger partial charge in [0, 0.05) is 12.5 Å². The summed E-state index contributed by atoms with van der Waals surface area (Å²) in [6.45, 7) is 18.7. The highest BCUT2D eigenvalue weighted by molar-refractivity contribution is 7.91. The van der Waals surface area contributed by atoms with Crippen LogP contribution >= 0.6 is 11.6 Å². The highest BCUT2D eigenvalue weighted by Gasteiger charge is 2.45. The van der Waals surface area contributed by atoms with Crippen LogP contribution in [-0.4, -0.2) is 155 Å². The summed E-state index contributed by atoms with van der Waals surface area (Å²) in [5.41, 5.74) is 5.29. The van der Waals surface area contributed by atoms with E-state index in [0.29, 0.717) is 80.1 Å². The van der Waals surface area contributed by atoms with E-state index in [0.717, 1.165) is 4.68 Å². The van der Waals surface area contributed by atoms with Crippen molar-refractivity contribution in [2.24, 2.45) is 0 Å². The Kier molecular flexibility index (Phi) is 13.6. The standard InChI is InChI=1S/C16H23N7O4S.C14H20ClN3O4S.C7H12N4O2/c1-9-5-26-6-10-7-27-11-12(16(2,3)28(4,24)25)19-15(20-13(11)23(9)10)21-14-17-8-18-22-14;1-8-5-21-6-9-7-22-10-11(14(2,3)23(4,19)20)16-13(15)17-12(10)18(8)9;1-7(2,3)13-6(12)11-4-9-5(8)10-11/h8-10H,5-7H2,1-4H3,(H2,17,18,19,20,21,22);8-9H,5-7H2,1-4H3;4H,1-3H3,(H2,8,10)/t9-,10+;8-,9+;/m11./s1. The number of sulfone groups is 2. The zero-order valence-electron chi connectivity index (χ0n) is 37.5. The number of aromatic amines is 1. The zero-order valence-corrected chi connectivity index (χ0v) is 39.9. The number of aromatic nitrogens is 10. The molecule has 0 unspecified atom stereocenters. The quantitative estimate of drug-likeness (QED) is 0.234. The van der Waals surface area contributed by atoms with Crippen LogP contribution in [0.1, 0.15) is 73.7 Å². The minimum atomic E-state index is -3.49. The van der Waals surface area contributed by atoms with E-state index in [1.807, 2.05) is 13.8 Å². The van der Waals surface area contributed by atoms with Crippen LogP contribution in [0.2, 0.25) is 5.28 Å². The van der Waals surface area contributed by atoms with Gasteiger partial charge < -0.3 is 39.2 Å². The molecule has 4 aromatic heterocycles. The van der Waals surface area contributed by atoms with E-state index >= 15 is 0 Å². The molecule has 0 saturated carbocycles. The van der Waals surface area contributed by atoms with Crippen molar-refractivity contribution in [2.45, 2.75) is 102 Å². The van der Waals surface area contributed by atoms with Gasteiger partial charge in [-0.2, -0.15) is 24.7 Å². The summed E-state index contributed by atoms with van der Waals surface area (Å²) < 4.78 is 75.9. The summed E-state index contributed by atoms with van der Waals surface area (Å²) in [5.74, 6) is 2.50. The number of carbonyl (C=O) groups excluding carboxylic acids is 1. The van der Waals surface area contributed by atoms with E-state index in [9.17, 15) is 21.6 Å². The molecule has 0 aromatic carbocycles. The molecule has 27 heteroatoms. The van der Waals surface area contributed by atoms with Gasteiger partial charge in [0.15, 0.2) is 42.8 Å². The maximum absolute atomic E-state index is 12.5. The molecule has 2 saturated heterocycles. The lowest BCUT2D eigenvalue weighted by atomic mass is 10.0. The normalized spacial score (nSPS) is 20.9. The van der Waals surface area contributed by atoms with Gasteiger partial charge in [-0.1, -0.05) is 0 Å². The number of ether oxygens (including phenoxy) is 5. The SMILES string of the molecule is CC(C)(C)OC(=O)n1cnc(N)n1.C[C@@H]1COC[C@H]2COc3c(nc(Cl)nc3C(C)(C)S(C)(=O)=O)N21.C[C@@H]1COC[C@H]2COc3c(nc(Nc4ncn[nH]4)nc3C(C)(C)S(C)(=O)=O)N21. The predicted molar refractivity (Wildman–Crippen MR) is 235 cm³/mol. The number of nitrogens with zero attached hydrogens (tertiary/aromatic N) is 11. The van der Waals surface area contributed by atoms with Gasteiger partial charge in [-0.25, -0.2) is 41.7 Å². The maximum atomic E-state index is 12.5. The Balaban J connectivity index is 0.000000170. The van der Waals surface area contributed by atoms with Crippen molar-refractivity contribution in [3.63, 3.8) is 0 Å². The van der Waals surface area contributed by atoms with Crippen LogP contribution < -0.4 is 30.3 Å². The number of fused-ring (bicyclic) bond motifs is 6. The number of nitrogens with two attached hydrogens (primary N) is 1. The molecule has 64 heavy (non-hydrogen) atoms. The van der Waals surface area contributed by atoms with Crippen LogP contribution in [-0.2, 0) is 43.4 Å². The molecule has 0 amide bonds. The van der Waals surface area contributed by atoms with Gasteiger partial charge in [0.2, 0.25) is 23.1 Å². The van der Waals surface area contributed by atoms with Gasteiger partial charge >= 0.3 is 6.09 Å². The van der Waals surface area contributed by atoms with Crippen molar-refractivity contribution < 1.29 is 45.3 Å². The predicted octanol–water partition coefficient (Wildman–Crippen LogP) is 2.64. The molecule has 2 fully saturated rings. The van der Waals surface area contributed by atoms with E-state index in [2.05, 4.69) is 60.3 Å². The van der Waals surface area contributed by atoms with Gasteiger partial charge in [-0.05, 0) is 73.9 Å². The Bertz CT molecular complexity index is 2550. The molecule has 8 heterocycles. The summed E-state index contributed by atoms with van der Waals surface area (Å²) in [5, 5.41) is 13.0. The van der Waals surface area contributed by atoms with Crippen molar-refractivity contribution in [1.82, 2.24) is 49.9 Å². The van der Waals surface area contributed by atoms with Crippen LogP contribution in [0, 0.1) is 0 Å². The first-order chi connectivity index (χ1) is 29.7. The highest BCUT2D eigenvalue weighted by atomic mass is 35.5. The largest absolute Gasteiger partial charge is 0.486 e. The minimum absolute atomic E-state index is 0.00141. The van der Waals surface area contributed by atoms with E-state index in [1.54, 1.807) is 48.5 Å². The van der Waals surface area contributed by atoms with Crippen LogP contribution in [0.4, 0.5) is 34.3 Å². The maximum Gasteiger partial charge on any atom is 0.436 e. The fraction of sp³-hybridized carbons (Fsp3) is 0.649. The summed E-state index contributed by atoms with van der Waals surface area (Å²) in [6.07, 6.45) is 4.35. The second kappa shape index (κ2) is 18.0. The average Bonchev–Trinajstić information content (AvgIpc) is 3.88. The molecule has 8 rings (SSSR count). The average molecular weight is 956 g/mol. The summed E-state index contributed by atoms with van der Waals surface area (Å²) in [4.78, 5) is 40.7. The first-order valence-corrected chi connectivity index (χ1v) is 24.3. The number of H-pyrrole nitrogens is 1. The molecule has 4 aliphatic rings. The van der Waals surface area contributed by atoms with Crippen molar-refractivity contribution in [2.75, 3.05) is 73.0 Å². The van der Waals surface area contributed by atoms with E-state index in [1.165, 1.54) is 25.2 Å². The lowest BCUT2D eigenvalue weighted by Gasteiger charge is -2.45. The number of hydrogen-bond acceptors (Lipinski definition) is 22. The molecule has 4 atom stereocenters. The Morgan fingerprint density at radius 2 is 1.31 bits per heavy atom. The highest BCUT2D eigenvalue weighted by Crippen LogP contribution is 2.45. The van der Waals surface area contributed by atoms with Gasteiger partial charge in [0.25, 0.3) is 0 Å². The third-order valence-corrected chi connectivity index (χ3v) is 15.1. The molecular weight excluding hydrogens is 900 g/mol. The topological polar surface area (TPSA) is 300 Å². The molecule has 4 aliphatic heterocycles. The molecule has 0 radical (unpaired) electrons. The van der Waals surface area contributed by atoms with E-state index < -0.39 is 40.9 Å². The molecule has 4 N–H and O–H groups in total. The van der Waals surface area contributed by atoms with Crippen LogP contribution in [0.15, 0.2) is 12.7 Å². The number of hydrogen-bond donors (Lipinski definition) is 3. The first kappa shape index (κ1) is 48.3. The van der Waals surface area contributed by atoms with Crippen LogP contribution in [0.5, 0.6) is 11.5 Å².